The molecular weight excluding hydrogens is 262 g/mol. The van der Waals surface area contributed by atoms with Crippen LogP contribution in [0.3, 0.4) is 0 Å². The topological polar surface area (TPSA) is 29.5 Å². The molecular formula is C18H25NO2. The van der Waals surface area contributed by atoms with E-state index in [-0.39, 0.29) is 11.8 Å². The van der Waals surface area contributed by atoms with Crippen molar-refractivity contribution in [2.45, 2.75) is 57.7 Å². The van der Waals surface area contributed by atoms with Gasteiger partial charge in [-0.25, -0.2) is 0 Å². The zero-order valence-electron chi connectivity index (χ0n) is 13.0. The lowest BCUT2D eigenvalue weighted by Gasteiger charge is -2.46. The van der Waals surface area contributed by atoms with Crippen LogP contribution in [0.2, 0.25) is 0 Å². The number of fused-ring (bicyclic) bond motifs is 1. The Hall–Kier alpha value is -1.19. The number of benzene rings is 1. The standard InChI is InChI=1S/C18H25NO2/c1-13-7-9-15(10-8-13)18(20)14(2)19-11-12-21-17-6-4-3-5-16(17)19/h7-10,14,16-17H,3-6,11-12H2,1-2H3. The molecule has 0 bridgehead atoms. The lowest BCUT2D eigenvalue weighted by atomic mass is 9.88. The fourth-order valence-electron chi connectivity index (χ4n) is 3.72. The highest BCUT2D eigenvalue weighted by molar-refractivity contribution is 5.99. The smallest absolute Gasteiger partial charge is 0.179 e. The number of morpholine rings is 1. The number of Topliss-reactive ketones (excluding diaryl/α,β-unsaturated/α-hetero) is 1. The van der Waals surface area contributed by atoms with Gasteiger partial charge in [0.2, 0.25) is 0 Å². The van der Waals surface area contributed by atoms with E-state index in [2.05, 4.69) is 11.8 Å². The molecule has 0 amide bonds. The Kier molecular flexibility index (Phi) is 4.41. The van der Waals surface area contributed by atoms with E-state index in [0.717, 1.165) is 31.6 Å². The first kappa shape index (κ1) is 14.7. The number of ether oxygens (including phenoxy) is 1. The molecule has 3 nitrogen and oxygen atoms in total. The summed E-state index contributed by atoms with van der Waals surface area (Å²) in [4.78, 5) is 15.1. The molecule has 1 saturated carbocycles. The van der Waals surface area contributed by atoms with Crippen molar-refractivity contribution >= 4 is 5.78 Å². The quantitative estimate of drug-likeness (QED) is 0.800. The minimum Gasteiger partial charge on any atom is -0.375 e. The van der Waals surface area contributed by atoms with Gasteiger partial charge in [-0.3, -0.25) is 9.69 Å². The van der Waals surface area contributed by atoms with E-state index in [9.17, 15) is 4.79 Å². The maximum Gasteiger partial charge on any atom is 0.179 e. The van der Waals surface area contributed by atoms with Gasteiger partial charge in [-0.1, -0.05) is 42.7 Å². The molecule has 1 saturated heterocycles. The van der Waals surface area contributed by atoms with E-state index in [4.69, 9.17) is 4.74 Å². The van der Waals surface area contributed by atoms with Crippen LogP contribution in [0.1, 0.15) is 48.5 Å². The molecule has 0 radical (unpaired) electrons. The lowest BCUT2D eigenvalue weighted by molar-refractivity contribution is -0.0953. The molecule has 1 aromatic carbocycles. The third-order valence-electron chi connectivity index (χ3n) is 4.99. The van der Waals surface area contributed by atoms with Crippen LogP contribution in [-0.4, -0.2) is 42.0 Å². The van der Waals surface area contributed by atoms with Gasteiger partial charge < -0.3 is 4.74 Å². The first-order valence-electron chi connectivity index (χ1n) is 8.15. The minimum atomic E-state index is -0.0535. The number of rotatable bonds is 3. The number of hydrogen-bond donors (Lipinski definition) is 0. The zero-order chi connectivity index (χ0) is 14.8. The summed E-state index contributed by atoms with van der Waals surface area (Å²) in [6.07, 6.45) is 5.16. The van der Waals surface area contributed by atoms with Crippen molar-refractivity contribution in [2.24, 2.45) is 0 Å². The average Bonchev–Trinajstić information content (AvgIpc) is 2.53. The maximum absolute atomic E-state index is 12.7. The Bertz CT molecular complexity index is 494. The van der Waals surface area contributed by atoms with Crippen LogP contribution in [0.15, 0.2) is 24.3 Å². The summed E-state index contributed by atoms with van der Waals surface area (Å²) in [5, 5.41) is 0. The lowest BCUT2D eigenvalue weighted by Crippen LogP contribution is -2.57. The van der Waals surface area contributed by atoms with Crippen molar-refractivity contribution in [3.63, 3.8) is 0 Å². The Labute approximate surface area is 127 Å². The van der Waals surface area contributed by atoms with Crippen molar-refractivity contribution in [1.29, 1.82) is 0 Å². The van der Waals surface area contributed by atoms with Gasteiger partial charge in [0.05, 0.1) is 18.8 Å². The van der Waals surface area contributed by atoms with Crippen LogP contribution in [0.5, 0.6) is 0 Å². The minimum absolute atomic E-state index is 0.0535. The Morgan fingerprint density at radius 1 is 1.24 bits per heavy atom. The molecule has 3 rings (SSSR count). The van der Waals surface area contributed by atoms with Gasteiger partial charge in [-0.2, -0.15) is 0 Å². The normalized spacial score (nSPS) is 27.9. The summed E-state index contributed by atoms with van der Waals surface area (Å²) in [6, 6.07) is 8.31. The molecule has 1 aliphatic carbocycles. The van der Waals surface area contributed by atoms with E-state index >= 15 is 0 Å². The summed E-state index contributed by atoms with van der Waals surface area (Å²) in [6.45, 7) is 5.73. The number of carbonyl (C=O) groups is 1. The molecule has 114 valence electrons. The second kappa shape index (κ2) is 6.29. The number of hydrogen-bond acceptors (Lipinski definition) is 3. The van der Waals surface area contributed by atoms with Gasteiger partial charge in [0.15, 0.2) is 5.78 Å². The second-order valence-electron chi connectivity index (χ2n) is 6.41. The largest absolute Gasteiger partial charge is 0.375 e. The summed E-state index contributed by atoms with van der Waals surface area (Å²) in [7, 11) is 0. The van der Waals surface area contributed by atoms with Crippen LogP contribution in [0.4, 0.5) is 0 Å². The highest BCUT2D eigenvalue weighted by Crippen LogP contribution is 2.30. The van der Waals surface area contributed by atoms with E-state index in [0.29, 0.717) is 12.1 Å². The van der Waals surface area contributed by atoms with Gasteiger partial charge in [0.1, 0.15) is 0 Å². The Balaban J connectivity index is 1.75. The predicted molar refractivity (Wildman–Crippen MR) is 83.7 cm³/mol. The highest BCUT2D eigenvalue weighted by Gasteiger charge is 2.38. The van der Waals surface area contributed by atoms with Gasteiger partial charge in [-0.05, 0) is 26.7 Å². The molecule has 2 aliphatic rings. The first-order valence-corrected chi connectivity index (χ1v) is 8.15. The van der Waals surface area contributed by atoms with Crippen molar-refractivity contribution in [2.75, 3.05) is 13.2 Å². The van der Waals surface area contributed by atoms with Crippen molar-refractivity contribution in [3.05, 3.63) is 35.4 Å². The average molecular weight is 287 g/mol. The fraction of sp³-hybridized carbons (Fsp3) is 0.611. The van der Waals surface area contributed by atoms with Crippen molar-refractivity contribution < 1.29 is 9.53 Å². The fourth-order valence-corrected chi connectivity index (χ4v) is 3.72. The summed E-state index contributed by atoms with van der Waals surface area (Å²) >= 11 is 0. The van der Waals surface area contributed by atoms with E-state index in [1.54, 1.807) is 0 Å². The molecule has 1 aromatic rings. The monoisotopic (exact) mass is 287 g/mol. The maximum atomic E-state index is 12.7. The molecule has 0 spiro atoms. The number of nitrogens with zero attached hydrogens (tertiary/aromatic N) is 1. The van der Waals surface area contributed by atoms with Gasteiger partial charge >= 0.3 is 0 Å². The van der Waals surface area contributed by atoms with Crippen LogP contribution < -0.4 is 0 Å². The molecule has 1 heterocycles. The first-order chi connectivity index (χ1) is 10.2. The van der Waals surface area contributed by atoms with Gasteiger partial charge in [0, 0.05) is 18.2 Å². The van der Waals surface area contributed by atoms with Gasteiger partial charge in [0.25, 0.3) is 0 Å². The van der Waals surface area contributed by atoms with Crippen molar-refractivity contribution in [3.8, 4) is 0 Å². The second-order valence-corrected chi connectivity index (χ2v) is 6.41. The Morgan fingerprint density at radius 3 is 2.71 bits per heavy atom. The van der Waals surface area contributed by atoms with Gasteiger partial charge in [-0.15, -0.1) is 0 Å². The zero-order valence-corrected chi connectivity index (χ0v) is 13.0. The molecule has 1 aliphatic heterocycles. The molecule has 0 aromatic heterocycles. The van der Waals surface area contributed by atoms with Crippen LogP contribution in [0, 0.1) is 6.92 Å². The summed E-state index contributed by atoms with van der Waals surface area (Å²) in [5.41, 5.74) is 2.02. The third kappa shape index (κ3) is 3.04. The number of aryl methyl sites for hydroxylation is 1. The SMILES string of the molecule is Cc1ccc(C(=O)C(C)N2CCOC3CCCCC32)cc1. The molecule has 3 unspecified atom stereocenters. The molecule has 21 heavy (non-hydrogen) atoms. The Morgan fingerprint density at radius 2 is 1.95 bits per heavy atom. The highest BCUT2D eigenvalue weighted by atomic mass is 16.5. The van der Waals surface area contributed by atoms with Crippen LogP contribution in [-0.2, 0) is 4.74 Å². The molecule has 0 N–H and O–H groups in total. The predicted octanol–water partition coefficient (Wildman–Crippen LogP) is 3.21. The van der Waals surface area contributed by atoms with E-state index in [1.807, 2.05) is 31.2 Å². The summed E-state index contributed by atoms with van der Waals surface area (Å²) in [5.74, 6) is 0.237. The van der Waals surface area contributed by atoms with Crippen LogP contribution >= 0.6 is 0 Å². The number of carbonyl (C=O) groups excluding carboxylic acids is 1. The molecule has 3 atom stereocenters. The third-order valence-corrected chi connectivity index (χ3v) is 4.99. The van der Waals surface area contributed by atoms with E-state index < -0.39 is 0 Å². The van der Waals surface area contributed by atoms with Crippen LogP contribution in [0.25, 0.3) is 0 Å². The van der Waals surface area contributed by atoms with E-state index in [1.165, 1.54) is 18.4 Å². The summed E-state index contributed by atoms with van der Waals surface area (Å²) < 4.78 is 5.91. The number of ketones is 1. The molecule has 3 heteroatoms. The van der Waals surface area contributed by atoms with Crippen molar-refractivity contribution in [1.82, 2.24) is 4.90 Å². The molecule has 2 fully saturated rings.